The van der Waals surface area contributed by atoms with Crippen molar-refractivity contribution in [3.63, 3.8) is 0 Å². The Labute approximate surface area is 248 Å². The Hall–Kier alpha value is -2.59. The van der Waals surface area contributed by atoms with Gasteiger partial charge < -0.3 is 10.2 Å². The number of halogens is 3. The number of nitrogens with one attached hydrogen (secondary N) is 1. The number of aryl methyl sites for hydroxylation is 1. The monoisotopic (exact) mass is 653 g/mol. The van der Waals surface area contributed by atoms with Gasteiger partial charge in [0.15, 0.2) is 0 Å². The molecule has 0 aliphatic carbocycles. The summed E-state index contributed by atoms with van der Waals surface area (Å²) in [5.74, 6) is -0.964. The van der Waals surface area contributed by atoms with Crippen LogP contribution >= 0.6 is 39.1 Å². The molecule has 0 radical (unpaired) electrons. The van der Waals surface area contributed by atoms with E-state index in [4.69, 9.17) is 23.2 Å². The van der Waals surface area contributed by atoms with Crippen LogP contribution in [0.3, 0.4) is 0 Å². The summed E-state index contributed by atoms with van der Waals surface area (Å²) < 4.78 is 29.4. The molecule has 0 fully saturated rings. The van der Waals surface area contributed by atoms with Gasteiger partial charge in [-0.1, -0.05) is 69.8 Å². The van der Waals surface area contributed by atoms with E-state index in [1.54, 1.807) is 61.5 Å². The van der Waals surface area contributed by atoms with E-state index in [1.807, 2.05) is 13.8 Å². The van der Waals surface area contributed by atoms with Gasteiger partial charge in [-0.15, -0.1) is 0 Å². The second kappa shape index (κ2) is 13.7. The van der Waals surface area contributed by atoms with E-state index in [9.17, 15) is 18.0 Å². The van der Waals surface area contributed by atoms with Crippen molar-refractivity contribution in [3.8, 4) is 0 Å². The predicted octanol–water partition coefficient (Wildman–Crippen LogP) is 6.20. The minimum absolute atomic E-state index is 0.0401. The van der Waals surface area contributed by atoms with Crippen molar-refractivity contribution < 1.29 is 18.0 Å². The molecule has 7 nitrogen and oxygen atoms in total. The van der Waals surface area contributed by atoms with Gasteiger partial charge in [-0.25, -0.2) is 8.42 Å². The van der Waals surface area contributed by atoms with Crippen LogP contribution in [0, 0.1) is 6.92 Å². The van der Waals surface area contributed by atoms with Gasteiger partial charge >= 0.3 is 0 Å². The molecule has 0 saturated carbocycles. The molecular weight excluding hydrogens is 625 g/mol. The Kier molecular flexibility index (Phi) is 10.8. The molecule has 3 aromatic rings. The summed E-state index contributed by atoms with van der Waals surface area (Å²) in [6, 6.07) is 17.0. The van der Waals surface area contributed by atoms with Crippen molar-refractivity contribution in [3.05, 3.63) is 92.4 Å². The van der Waals surface area contributed by atoms with E-state index in [0.717, 1.165) is 20.8 Å². The normalized spacial score (nSPS) is 12.1. The van der Waals surface area contributed by atoms with Gasteiger partial charge in [0, 0.05) is 33.2 Å². The fourth-order valence-electron chi connectivity index (χ4n) is 3.81. The maximum absolute atomic E-state index is 13.9. The first-order valence-corrected chi connectivity index (χ1v) is 15.3. The van der Waals surface area contributed by atoms with E-state index < -0.39 is 28.5 Å². The molecule has 0 heterocycles. The number of hydrogen-bond acceptors (Lipinski definition) is 4. The molecule has 3 aromatic carbocycles. The zero-order valence-corrected chi connectivity index (χ0v) is 25.7. The zero-order valence-electron chi connectivity index (χ0n) is 21.8. The lowest BCUT2D eigenvalue weighted by molar-refractivity contribution is -0.139. The van der Waals surface area contributed by atoms with E-state index in [1.165, 1.54) is 17.0 Å². The number of sulfonamides is 1. The molecule has 11 heteroatoms. The number of hydrogen-bond donors (Lipinski definition) is 1. The fraction of sp³-hybridized carbons (Fsp3) is 0.286. The summed E-state index contributed by atoms with van der Waals surface area (Å²) in [5.41, 5.74) is 1.65. The van der Waals surface area contributed by atoms with Crippen molar-refractivity contribution in [2.45, 2.75) is 44.7 Å². The van der Waals surface area contributed by atoms with Crippen LogP contribution in [0.5, 0.6) is 0 Å². The highest BCUT2D eigenvalue weighted by atomic mass is 79.9. The number of amides is 2. The molecule has 0 aliphatic rings. The molecule has 0 saturated heterocycles. The van der Waals surface area contributed by atoms with Crippen molar-refractivity contribution in [2.24, 2.45) is 0 Å². The molecule has 39 heavy (non-hydrogen) atoms. The second-order valence-electron chi connectivity index (χ2n) is 8.99. The number of rotatable bonds is 11. The molecule has 1 N–H and O–H groups in total. The average Bonchev–Trinajstić information content (AvgIpc) is 2.90. The maximum Gasteiger partial charge on any atom is 0.264 e. The molecule has 0 spiro atoms. The van der Waals surface area contributed by atoms with E-state index in [2.05, 4.69) is 21.2 Å². The van der Waals surface area contributed by atoms with Crippen molar-refractivity contribution in [1.29, 1.82) is 0 Å². The molecule has 0 aliphatic heterocycles. The van der Waals surface area contributed by atoms with Crippen molar-refractivity contribution in [1.82, 2.24) is 10.2 Å². The second-order valence-corrected chi connectivity index (χ2v) is 12.6. The molecule has 0 bridgehead atoms. The molecule has 208 valence electrons. The standard InChI is InChI=1S/C28H30BrCl2N3O4S/c1-4-16-32-28(36)20(3)33(17-24-25(30)6-5-7-26(24)31)27(35)18-34(22-12-10-21(29)11-13-22)39(37,38)23-14-8-19(2)9-15-23/h5-15,20H,4,16-18H2,1-3H3,(H,32,36)/t20-/m0/s1. The lowest BCUT2D eigenvalue weighted by Gasteiger charge is -2.32. The van der Waals surface area contributed by atoms with Gasteiger partial charge in [0.2, 0.25) is 11.8 Å². The van der Waals surface area contributed by atoms with Crippen LogP contribution in [0.25, 0.3) is 0 Å². The fourth-order valence-corrected chi connectivity index (χ4v) is 6.00. The van der Waals surface area contributed by atoms with Crippen molar-refractivity contribution >= 4 is 66.7 Å². The van der Waals surface area contributed by atoms with E-state index in [0.29, 0.717) is 27.8 Å². The van der Waals surface area contributed by atoms with Gasteiger partial charge in [-0.3, -0.25) is 13.9 Å². The van der Waals surface area contributed by atoms with E-state index >= 15 is 0 Å². The highest BCUT2D eigenvalue weighted by molar-refractivity contribution is 9.10. The van der Waals surface area contributed by atoms with Crippen LogP contribution in [-0.2, 0) is 26.2 Å². The highest BCUT2D eigenvalue weighted by Crippen LogP contribution is 2.29. The highest BCUT2D eigenvalue weighted by Gasteiger charge is 2.33. The van der Waals surface area contributed by atoms with Crippen LogP contribution in [0.4, 0.5) is 5.69 Å². The minimum atomic E-state index is -4.14. The molecule has 2 amide bonds. The third-order valence-electron chi connectivity index (χ3n) is 6.11. The topological polar surface area (TPSA) is 86.8 Å². The van der Waals surface area contributed by atoms with Gasteiger partial charge in [-0.2, -0.15) is 0 Å². The summed E-state index contributed by atoms with van der Waals surface area (Å²) in [6.07, 6.45) is 0.717. The van der Waals surface area contributed by atoms with Crippen LogP contribution < -0.4 is 9.62 Å². The number of nitrogens with zero attached hydrogens (tertiary/aromatic N) is 2. The Morgan fingerprint density at radius 1 is 0.974 bits per heavy atom. The molecule has 0 unspecified atom stereocenters. The number of carbonyl (C=O) groups is 2. The van der Waals surface area contributed by atoms with Crippen LogP contribution in [0.1, 0.15) is 31.4 Å². The van der Waals surface area contributed by atoms with Crippen LogP contribution in [-0.4, -0.2) is 44.3 Å². The predicted molar refractivity (Wildman–Crippen MR) is 160 cm³/mol. The average molecular weight is 655 g/mol. The molecule has 3 rings (SSSR count). The van der Waals surface area contributed by atoms with E-state index in [-0.39, 0.29) is 17.3 Å². The quantitative estimate of drug-likeness (QED) is 0.267. The summed E-state index contributed by atoms with van der Waals surface area (Å²) in [6.45, 7) is 5.16. The first-order valence-electron chi connectivity index (χ1n) is 12.3. The Morgan fingerprint density at radius 3 is 2.13 bits per heavy atom. The smallest absolute Gasteiger partial charge is 0.264 e. The Morgan fingerprint density at radius 2 is 1.56 bits per heavy atom. The minimum Gasteiger partial charge on any atom is -0.354 e. The van der Waals surface area contributed by atoms with Crippen LogP contribution in [0.15, 0.2) is 76.1 Å². The largest absolute Gasteiger partial charge is 0.354 e. The molecule has 0 aromatic heterocycles. The lowest BCUT2D eigenvalue weighted by atomic mass is 10.1. The molecular formula is C28H30BrCl2N3O4S. The summed E-state index contributed by atoms with van der Waals surface area (Å²) in [7, 11) is -4.14. The Bertz CT molecular complexity index is 1400. The van der Waals surface area contributed by atoms with Gasteiger partial charge in [-0.05, 0) is 68.8 Å². The van der Waals surface area contributed by atoms with Crippen LogP contribution in [0.2, 0.25) is 10.0 Å². The van der Waals surface area contributed by atoms with Gasteiger partial charge in [0.1, 0.15) is 12.6 Å². The Balaban J connectivity index is 2.05. The number of anilines is 1. The number of carbonyl (C=O) groups excluding carboxylic acids is 2. The lowest BCUT2D eigenvalue weighted by Crippen LogP contribution is -2.51. The molecule has 1 atom stereocenters. The summed E-state index contributed by atoms with van der Waals surface area (Å²) in [4.78, 5) is 28.2. The maximum atomic E-state index is 13.9. The third-order valence-corrected chi connectivity index (χ3v) is 9.13. The summed E-state index contributed by atoms with van der Waals surface area (Å²) in [5, 5.41) is 3.46. The van der Waals surface area contributed by atoms with Crippen molar-refractivity contribution in [2.75, 3.05) is 17.4 Å². The SMILES string of the molecule is CCCNC(=O)[C@H](C)N(Cc1c(Cl)cccc1Cl)C(=O)CN(c1ccc(Br)cc1)S(=O)(=O)c1ccc(C)cc1. The third kappa shape index (κ3) is 7.75. The first-order chi connectivity index (χ1) is 18.4. The first kappa shape index (κ1) is 30.9. The van der Waals surface area contributed by atoms with Gasteiger partial charge in [0.05, 0.1) is 10.6 Å². The number of benzene rings is 3. The van der Waals surface area contributed by atoms with Gasteiger partial charge in [0.25, 0.3) is 10.0 Å². The zero-order chi connectivity index (χ0) is 28.7. The summed E-state index contributed by atoms with van der Waals surface area (Å²) >= 11 is 16.2.